The lowest BCUT2D eigenvalue weighted by Gasteiger charge is -2.39. The number of quaternary nitrogens is 1. The minimum atomic E-state index is -4.30. The molecule has 1 saturated heterocycles. The average molecular weight is 436 g/mol. The number of thiophene rings is 1. The quantitative estimate of drug-likeness (QED) is 0.704. The van der Waals surface area contributed by atoms with E-state index in [0.717, 1.165) is 48.1 Å². The van der Waals surface area contributed by atoms with Gasteiger partial charge in [-0.1, -0.05) is 18.2 Å². The summed E-state index contributed by atoms with van der Waals surface area (Å²) in [5, 5.41) is 11.8. The van der Waals surface area contributed by atoms with Crippen molar-refractivity contribution >= 4 is 11.3 Å². The average Bonchev–Trinajstić information content (AvgIpc) is 3.17. The first kappa shape index (κ1) is 20.4. The van der Waals surface area contributed by atoms with Crippen LogP contribution >= 0.6 is 11.3 Å². The first-order valence-corrected chi connectivity index (χ1v) is 8.96. The fraction of sp³-hybridized carbons (Fsp3) is 0.444. The van der Waals surface area contributed by atoms with Gasteiger partial charge in [0.25, 0.3) is 0 Å². The standard InChI is InChI=1S/C18H21F3NOS.BrH/c19-18(20,21)15-7-5-14(6-8-15)11-22(9-1-3-16(22)13-23)12-17-4-2-10-24-17;/h2,4-8,10,16,23H,1,3,9,11-13H2;1H/q+1;/p-1/t16-,22?;/m0./s1. The number of hydrogen-bond acceptors (Lipinski definition) is 2. The maximum atomic E-state index is 12.7. The molecule has 0 saturated carbocycles. The summed E-state index contributed by atoms with van der Waals surface area (Å²) in [5.74, 6) is 0. The second-order valence-electron chi connectivity index (χ2n) is 6.51. The van der Waals surface area contributed by atoms with Crippen LogP contribution < -0.4 is 17.0 Å². The van der Waals surface area contributed by atoms with Crippen molar-refractivity contribution in [1.29, 1.82) is 0 Å². The molecular weight excluding hydrogens is 415 g/mol. The normalized spacial score (nSPS) is 23.4. The van der Waals surface area contributed by atoms with Gasteiger partial charge < -0.3 is 26.6 Å². The van der Waals surface area contributed by atoms with E-state index in [1.54, 1.807) is 23.5 Å². The van der Waals surface area contributed by atoms with E-state index in [4.69, 9.17) is 0 Å². The molecule has 3 rings (SSSR count). The van der Waals surface area contributed by atoms with E-state index in [1.165, 1.54) is 4.88 Å². The summed E-state index contributed by atoms with van der Waals surface area (Å²) in [6.45, 7) is 2.54. The van der Waals surface area contributed by atoms with Gasteiger partial charge in [-0.2, -0.15) is 13.2 Å². The molecule has 0 spiro atoms. The Hall–Kier alpha value is -0.890. The van der Waals surface area contributed by atoms with E-state index in [9.17, 15) is 18.3 Å². The second kappa shape index (κ2) is 8.20. The first-order chi connectivity index (χ1) is 11.4. The van der Waals surface area contributed by atoms with E-state index in [2.05, 4.69) is 6.07 Å². The molecule has 2 heterocycles. The van der Waals surface area contributed by atoms with Crippen molar-refractivity contribution in [1.82, 2.24) is 0 Å². The predicted molar refractivity (Wildman–Crippen MR) is 88.4 cm³/mol. The Morgan fingerprint density at radius 3 is 2.40 bits per heavy atom. The maximum Gasteiger partial charge on any atom is 0.416 e. The van der Waals surface area contributed by atoms with Crippen LogP contribution in [0.5, 0.6) is 0 Å². The highest BCUT2D eigenvalue weighted by Gasteiger charge is 2.41. The van der Waals surface area contributed by atoms with Crippen molar-refractivity contribution in [2.75, 3.05) is 13.2 Å². The summed E-state index contributed by atoms with van der Waals surface area (Å²) in [6.07, 6.45) is -2.30. The molecule has 1 aromatic carbocycles. The Balaban J connectivity index is 0.00000225. The SMILES string of the molecule is OC[C@@H]1CCC[N+]1(Cc1ccc(C(F)(F)F)cc1)Cc1cccs1.[Br-]. The molecule has 1 aliphatic rings. The maximum absolute atomic E-state index is 12.7. The lowest BCUT2D eigenvalue weighted by atomic mass is 10.1. The number of aliphatic hydroxyl groups is 1. The van der Waals surface area contributed by atoms with Gasteiger partial charge in [-0.05, 0) is 23.6 Å². The highest BCUT2D eigenvalue weighted by atomic mass is 79.9. The fourth-order valence-electron chi connectivity index (χ4n) is 3.71. The van der Waals surface area contributed by atoms with Gasteiger partial charge in [0.1, 0.15) is 19.1 Å². The zero-order valence-corrected chi connectivity index (χ0v) is 16.1. The van der Waals surface area contributed by atoms with Crippen molar-refractivity contribution < 1.29 is 39.7 Å². The number of nitrogens with zero attached hydrogens (tertiary/aromatic N) is 1. The highest BCUT2D eigenvalue weighted by molar-refractivity contribution is 7.09. The molecule has 0 aliphatic carbocycles. The lowest BCUT2D eigenvalue weighted by Crippen LogP contribution is -3.00. The minimum absolute atomic E-state index is 0. The first-order valence-electron chi connectivity index (χ1n) is 8.08. The van der Waals surface area contributed by atoms with Crippen molar-refractivity contribution in [3.8, 4) is 0 Å². The zero-order valence-electron chi connectivity index (χ0n) is 13.7. The number of alkyl halides is 3. The molecule has 2 atom stereocenters. The van der Waals surface area contributed by atoms with Gasteiger partial charge in [-0.15, -0.1) is 11.3 Å². The Morgan fingerprint density at radius 2 is 1.84 bits per heavy atom. The third-order valence-corrected chi connectivity index (χ3v) is 5.82. The van der Waals surface area contributed by atoms with Crippen LogP contribution in [-0.4, -0.2) is 28.8 Å². The van der Waals surface area contributed by atoms with Crippen LogP contribution in [0.15, 0.2) is 41.8 Å². The van der Waals surface area contributed by atoms with Crippen LogP contribution in [0.25, 0.3) is 0 Å². The van der Waals surface area contributed by atoms with Crippen LogP contribution in [0, 0.1) is 0 Å². The van der Waals surface area contributed by atoms with Crippen molar-refractivity contribution in [3.63, 3.8) is 0 Å². The van der Waals surface area contributed by atoms with Crippen molar-refractivity contribution in [2.45, 2.75) is 38.1 Å². The molecule has 25 heavy (non-hydrogen) atoms. The molecule has 0 bridgehead atoms. The van der Waals surface area contributed by atoms with Gasteiger partial charge in [0.15, 0.2) is 0 Å². The number of rotatable bonds is 5. The molecule has 0 amide bonds. The van der Waals surface area contributed by atoms with Gasteiger partial charge in [0.2, 0.25) is 0 Å². The molecule has 1 aliphatic heterocycles. The van der Waals surface area contributed by atoms with Crippen LogP contribution in [0.1, 0.15) is 28.8 Å². The van der Waals surface area contributed by atoms with Crippen LogP contribution in [0.4, 0.5) is 13.2 Å². The third-order valence-electron chi connectivity index (χ3n) is 4.96. The monoisotopic (exact) mass is 435 g/mol. The summed E-state index contributed by atoms with van der Waals surface area (Å²) < 4.78 is 38.9. The number of likely N-dealkylation sites (tertiary alicyclic amines) is 1. The molecule has 1 fully saturated rings. The summed E-state index contributed by atoms with van der Waals surface area (Å²) in [7, 11) is 0. The topological polar surface area (TPSA) is 20.2 Å². The van der Waals surface area contributed by atoms with Gasteiger partial charge in [-0.3, -0.25) is 0 Å². The Morgan fingerprint density at radius 1 is 1.12 bits per heavy atom. The molecule has 0 radical (unpaired) electrons. The molecule has 1 unspecified atom stereocenters. The summed E-state index contributed by atoms with van der Waals surface area (Å²) in [6, 6.07) is 9.70. The predicted octanol–water partition coefficient (Wildman–Crippen LogP) is 1.44. The number of hydrogen-bond donors (Lipinski definition) is 1. The molecular formula is C18H21BrF3NOS. The third kappa shape index (κ3) is 4.64. The Labute approximate surface area is 160 Å². The van der Waals surface area contributed by atoms with E-state index in [-0.39, 0.29) is 29.6 Å². The summed E-state index contributed by atoms with van der Waals surface area (Å²) in [5.41, 5.74) is 0.274. The molecule has 1 aromatic heterocycles. The second-order valence-corrected chi connectivity index (χ2v) is 7.54. The van der Waals surface area contributed by atoms with E-state index < -0.39 is 11.7 Å². The van der Waals surface area contributed by atoms with Gasteiger partial charge in [0, 0.05) is 18.4 Å². The molecule has 2 aromatic rings. The number of aliphatic hydroxyl groups excluding tert-OH is 1. The van der Waals surface area contributed by atoms with E-state index in [0.29, 0.717) is 6.54 Å². The smallest absolute Gasteiger partial charge is 0.416 e. The Kier molecular flexibility index (Phi) is 6.70. The van der Waals surface area contributed by atoms with Crippen molar-refractivity contribution in [3.05, 3.63) is 57.8 Å². The molecule has 138 valence electrons. The van der Waals surface area contributed by atoms with Gasteiger partial charge in [-0.25, -0.2) is 0 Å². The molecule has 7 heteroatoms. The number of benzene rings is 1. The van der Waals surface area contributed by atoms with Gasteiger partial charge in [0.05, 0.1) is 23.6 Å². The summed E-state index contributed by atoms with van der Waals surface area (Å²) >= 11 is 1.69. The van der Waals surface area contributed by atoms with Crippen LogP contribution in [0.3, 0.4) is 0 Å². The minimum Gasteiger partial charge on any atom is -1.00 e. The largest absolute Gasteiger partial charge is 1.00 e. The number of halogens is 4. The van der Waals surface area contributed by atoms with E-state index in [1.807, 2.05) is 11.4 Å². The highest BCUT2D eigenvalue weighted by Crippen LogP contribution is 2.34. The fourth-order valence-corrected chi connectivity index (χ4v) is 4.53. The molecule has 2 nitrogen and oxygen atoms in total. The summed E-state index contributed by atoms with van der Waals surface area (Å²) in [4.78, 5) is 1.25. The van der Waals surface area contributed by atoms with Gasteiger partial charge >= 0.3 is 6.18 Å². The van der Waals surface area contributed by atoms with Crippen molar-refractivity contribution in [2.24, 2.45) is 0 Å². The van der Waals surface area contributed by atoms with Crippen LogP contribution in [0.2, 0.25) is 0 Å². The Bertz CT molecular complexity index is 660. The van der Waals surface area contributed by atoms with Crippen LogP contribution in [-0.2, 0) is 19.3 Å². The zero-order chi connectivity index (χ0) is 17.2. The van der Waals surface area contributed by atoms with E-state index >= 15 is 0 Å². The lowest BCUT2D eigenvalue weighted by molar-refractivity contribution is -0.964. The molecule has 1 N–H and O–H groups in total.